The Morgan fingerprint density at radius 1 is 1.14 bits per heavy atom. The van der Waals surface area contributed by atoms with Crippen LogP contribution >= 0.6 is 34.5 Å². The van der Waals surface area contributed by atoms with Crippen LogP contribution in [-0.4, -0.2) is 63.1 Å². The van der Waals surface area contributed by atoms with E-state index in [0.29, 0.717) is 23.8 Å². The molecule has 2 heterocycles. The average Bonchev–Trinajstić information content (AvgIpc) is 3.04. The SMILES string of the molecule is CS(=O)(=O)N(CC(=O)N1CCN(Cc2ccc(Cl)s2)CC1)c1cccc(Cl)c1. The fourth-order valence-electron chi connectivity index (χ4n) is 3.07. The highest BCUT2D eigenvalue weighted by molar-refractivity contribution is 7.92. The number of hydrogen-bond donors (Lipinski definition) is 0. The normalized spacial score (nSPS) is 15.6. The third-order valence-corrected chi connectivity index (χ3v) is 7.10. The summed E-state index contributed by atoms with van der Waals surface area (Å²) in [6, 6.07) is 10.4. The van der Waals surface area contributed by atoms with Crippen LogP contribution in [0.2, 0.25) is 9.36 Å². The van der Waals surface area contributed by atoms with Crippen molar-refractivity contribution in [1.29, 1.82) is 0 Å². The molecule has 3 rings (SSSR count). The van der Waals surface area contributed by atoms with Gasteiger partial charge in [0.05, 0.1) is 16.3 Å². The first kappa shape index (κ1) is 21.4. The number of halogens is 2. The number of rotatable bonds is 6. The summed E-state index contributed by atoms with van der Waals surface area (Å²) in [6.45, 7) is 3.15. The van der Waals surface area contributed by atoms with E-state index in [2.05, 4.69) is 4.90 Å². The van der Waals surface area contributed by atoms with E-state index in [1.807, 2.05) is 12.1 Å². The average molecular weight is 462 g/mol. The first-order valence-electron chi connectivity index (χ1n) is 8.70. The molecule has 0 N–H and O–H groups in total. The van der Waals surface area contributed by atoms with Gasteiger partial charge >= 0.3 is 0 Å². The molecule has 0 radical (unpaired) electrons. The van der Waals surface area contributed by atoms with Gasteiger partial charge in [-0.2, -0.15) is 0 Å². The molecular formula is C18H21Cl2N3O3S2. The number of amides is 1. The third kappa shape index (κ3) is 5.61. The number of anilines is 1. The van der Waals surface area contributed by atoms with Gasteiger partial charge in [-0.15, -0.1) is 11.3 Å². The minimum Gasteiger partial charge on any atom is -0.339 e. The van der Waals surface area contributed by atoms with Crippen molar-refractivity contribution in [2.24, 2.45) is 0 Å². The maximum absolute atomic E-state index is 12.7. The van der Waals surface area contributed by atoms with Gasteiger partial charge in [0.2, 0.25) is 15.9 Å². The van der Waals surface area contributed by atoms with Crippen molar-refractivity contribution in [2.45, 2.75) is 6.54 Å². The zero-order chi connectivity index (χ0) is 20.3. The molecule has 1 aliphatic rings. The molecule has 0 aliphatic carbocycles. The molecule has 152 valence electrons. The molecule has 0 bridgehead atoms. The van der Waals surface area contributed by atoms with Crippen molar-refractivity contribution in [3.05, 3.63) is 50.6 Å². The number of carbonyl (C=O) groups is 1. The molecule has 1 amide bonds. The van der Waals surface area contributed by atoms with Gasteiger partial charge in [-0.1, -0.05) is 29.3 Å². The van der Waals surface area contributed by atoms with Crippen molar-refractivity contribution in [3.63, 3.8) is 0 Å². The molecule has 2 aromatic rings. The van der Waals surface area contributed by atoms with Gasteiger partial charge in [0.15, 0.2) is 0 Å². The van der Waals surface area contributed by atoms with Gasteiger partial charge in [-0.05, 0) is 30.3 Å². The van der Waals surface area contributed by atoms with Crippen LogP contribution in [-0.2, 0) is 21.4 Å². The van der Waals surface area contributed by atoms with Crippen LogP contribution < -0.4 is 4.31 Å². The molecule has 0 spiro atoms. The summed E-state index contributed by atoms with van der Waals surface area (Å²) < 4.78 is 26.3. The van der Waals surface area contributed by atoms with Crippen molar-refractivity contribution in [1.82, 2.24) is 9.80 Å². The van der Waals surface area contributed by atoms with E-state index in [4.69, 9.17) is 23.2 Å². The zero-order valence-electron chi connectivity index (χ0n) is 15.3. The number of carbonyl (C=O) groups excluding carboxylic acids is 1. The molecule has 10 heteroatoms. The van der Waals surface area contributed by atoms with E-state index in [1.165, 1.54) is 4.88 Å². The van der Waals surface area contributed by atoms with Crippen LogP contribution in [0.4, 0.5) is 5.69 Å². The Morgan fingerprint density at radius 3 is 2.43 bits per heavy atom. The van der Waals surface area contributed by atoms with E-state index in [1.54, 1.807) is 40.5 Å². The number of thiophene rings is 1. The maximum atomic E-state index is 12.7. The lowest BCUT2D eigenvalue weighted by Gasteiger charge is -2.35. The Bertz CT molecular complexity index is 941. The molecule has 1 aromatic carbocycles. The lowest BCUT2D eigenvalue weighted by Crippen LogP contribution is -2.51. The Labute approximate surface area is 179 Å². The number of benzene rings is 1. The first-order valence-corrected chi connectivity index (χ1v) is 12.1. The summed E-state index contributed by atoms with van der Waals surface area (Å²) in [5, 5.41) is 0.417. The van der Waals surface area contributed by atoms with Crippen LogP contribution in [0, 0.1) is 0 Å². The lowest BCUT2D eigenvalue weighted by atomic mass is 10.3. The molecule has 28 heavy (non-hydrogen) atoms. The molecule has 1 aromatic heterocycles. The summed E-state index contributed by atoms with van der Waals surface area (Å²) in [5.74, 6) is -0.218. The fraction of sp³-hybridized carbons (Fsp3) is 0.389. The van der Waals surface area contributed by atoms with E-state index < -0.39 is 10.0 Å². The van der Waals surface area contributed by atoms with Crippen LogP contribution in [0.25, 0.3) is 0 Å². The Balaban J connectivity index is 1.60. The molecule has 0 unspecified atom stereocenters. The van der Waals surface area contributed by atoms with E-state index in [9.17, 15) is 13.2 Å². The Morgan fingerprint density at radius 2 is 1.86 bits per heavy atom. The van der Waals surface area contributed by atoms with Crippen LogP contribution in [0.1, 0.15) is 4.88 Å². The zero-order valence-corrected chi connectivity index (χ0v) is 18.5. The van der Waals surface area contributed by atoms with Gasteiger partial charge in [-0.25, -0.2) is 8.42 Å². The minimum absolute atomic E-state index is 0.218. The third-order valence-electron chi connectivity index (χ3n) is 4.51. The van der Waals surface area contributed by atoms with Gasteiger partial charge in [-0.3, -0.25) is 14.0 Å². The standard InChI is InChI=1S/C18H21Cl2N3O3S2/c1-28(25,26)23(15-4-2-3-14(19)11-15)13-18(24)22-9-7-21(8-10-22)12-16-5-6-17(20)27-16/h2-6,11H,7-10,12-13H2,1H3. The number of nitrogens with zero attached hydrogens (tertiary/aromatic N) is 3. The van der Waals surface area contributed by atoms with E-state index in [-0.39, 0.29) is 12.5 Å². The summed E-state index contributed by atoms with van der Waals surface area (Å²) in [5.41, 5.74) is 0.386. The van der Waals surface area contributed by atoms with Gasteiger partial charge in [0, 0.05) is 42.6 Å². The minimum atomic E-state index is -3.61. The largest absolute Gasteiger partial charge is 0.339 e. The van der Waals surface area contributed by atoms with Crippen molar-refractivity contribution in [3.8, 4) is 0 Å². The number of hydrogen-bond acceptors (Lipinski definition) is 5. The highest BCUT2D eigenvalue weighted by atomic mass is 35.5. The van der Waals surface area contributed by atoms with Crippen molar-refractivity contribution >= 4 is 56.2 Å². The predicted octanol–water partition coefficient (Wildman–Crippen LogP) is 3.17. The number of piperazine rings is 1. The summed E-state index contributed by atoms with van der Waals surface area (Å²) in [4.78, 5) is 17.9. The monoisotopic (exact) mass is 461 g/mol. The summed E-state index contributed by atoms with van der Waals surface area (Å²) >= 11 is 13.5. The van der Waals surface area contributed by atoms with Crippen molar-refractivity contribution in [2.75, 3.05) is 43.3 Å². The first-order chi connectivity index (χ1) is 13.2. The molecule has 6 nitrogen and oxygen atoms in total. The molecule has 1 saturated heterocycles. The van der Waals surface area contributed by atoms with Crippen molar-refractivity contribution < 1.29 is 13.2 Å². The summed E-state index contributed by atoms with van der Waals surface area (Å²) in [6.07, 6.45) is 1.09. The fourth-order valence-corrected chi connectivity index (χ4v) is 5.22. The van der Waals surface area contributed by atoms with Gasteiger partial charge in [0.25, 0.3) is 0 Å². The van der Waals surface area contributed by atoms with E-state index >= 15 is 0 Å². The second-order valence-electron chi connectivity index (χ2n) is 6.61. The van der Waals surface area contributed by atoms with E-state index in [0.717, 1.165) is 34.5 Å². The van der Waals surface area contributed by atoms with Crippen LogP contribution in [0.3, 0.4) is 0 Å². The molecule has 1 fully saturated rings. The second kappa shape index (κ2) is 9.00. The smallest absolute Gasteiger partial charge is 0.243 e. The maximum Gasteiger partial charge on any atom is 0.243 e. The number of sulfonamides is 1. The predicted molar refractivity (Wildman–Crippen MR) is 115 cm³/mol. The topological polar surface area (TPSA) is 60.9 Å². The van der Waals surface area contributed by atoms with Gasteiger partial charge in [0.1, 0.15) is 6.54 Å². The van der Waals surface area contributed by atoms with Crippen LogP contribution in [0.5, 0.6) is 0 Å². The quantitative estimate of drug-likeness (QED) is 0.662. The van der Waals surface area contributed by atoms with Crippen LogP contribution in [0.15, 0.2) is 36.4 Å². The highest BCUT2D eigenvalue weighted by Crippen LogP contribution is 2.24. The Hall–Kier alpha value is -1.32. The van der Waals surface area contributed by atoms with Gasteiger partial charge < -0.3 is 4.90 Å². The Kier molecular flexibility index (Phi) is 6.88. The molecule has 0 atom stereocenters. The second-order valence-corrected chi connectivity index (χ2v) is 10.8. The molecule has 1 aliphatic heterocycles. The molecule has 0 saturated carbocycles. The highest BCUT2D eigenvalue weighted by Gasteiger charge is 2.26. The lowest BCUT2D eigenvalue weighted by molar-refractivity contribution is -0.131. The summed E-state index contributed by atoms with van der Waals surface area (Å²) in [7, 11) is -3.61. The molecular weight excluding hydrogens is 441 g/mol.